The molecule has 1 aliphatic heterocycles. The molecule has 1 aromatic rings. The number of sulfonamides is 1. The van der Waals surface area contributed by atoms with E-state index in [0.29, 0.717) is 43.6 Å². The molecule has 2 amide bonds. The highest BCUT2D eigenvalue weighted by molar-refractivity contribution is 7.90. The predicted octanol–water partition coefficient (Wildman–Crippen LogP) is 1.71. The number of carbonyl (C=O) groups is 1. The van der Waals surface area contributed by atoms with Crippen LogP contribution in [0.3, 0.4) is 0 Å². The minimum atomic E-state index is -3.08. The molecule has 156 valence electrons. The Hall–Kier alpha value is -2.00. The van der Waals surface area contributed by atoms with Gasteiger partial charge in [-0.3, -0.25) is 0 Å². The van der Waals surface area contributed by atoms with Gasteiger partial charge in [-0.05, 0) is 49.3 Å². The van der Waals surface area contributed by atoms with Gasteiger partial charge in [-0.1, -0.05) is 6.07 Å². The minimum absolute atomic E-state index is 0.149. The van der Waals surface area contributed by atoms with Crippen molar-refractivity contribution in [1.82, 2.24) is 14.9 Å². The van der Waals surface area contributed by atoms with Gasteiger partial charge in [-0.15, -0.1) is 0 Å². The van der Waals surface area contributed by atoms with Crippen molar-refractivity contribution in [3.63, 3.8) is 0 Å². The van der Waals surface area contributed by atoms with E-state index in [1.807, 2.05) is 12.1 Å². The van der Waals surface area contributed by atoms with Gasteiger partial charge in [0.05, 0.1) is 19.5 Å². The number of hydrogen-bond donors (Lipinski definition) is 2. The molecule has 0 radical (unpaired) electrons. The van der Waals surface area contributed by atoms with Crippen LogP contribution in [-0.4, -0.2) is 57.9 Å². The fourth-order valence-corrected chi connectivity index (χ4v) is 5.29. The number of rotatable bonds is 8. The zero-order valence-electron chi connectivity index (χ0n) is 16.4. The minimum Gasteiger partial charge on any atom is -0.493 e. The lowest BCUT2D eigenvalue weighted by Crippen LogP contribution is -2.44. The lowest BCUT2D eigenvalue weighted by molar-refractivity contribution is 0.230. The maximum absolute atomic E-state index is 12.3. The Morgan fingerprint density at radius 3 is 2.36 bits per heavy atom. The van der Waals surface area contributed by atoms with Crippen molar-refractivity contribution in [2.45, 2.75) is 37.5 Å². The molecule has 0 bridgehead atoms. The number of piperidine rings is 1. The van der Waals surface area contributed by atoms with Crippen LogP contribution in [0.5, 0.6) is 11.5 Å². The van der Waals surface area contributed by atoms with Crippen molar-refractivity contribution < 1.29 is 22.7 Å². The average molecular weight is 412 g/mol. The molecule has 1 aromatic carbocycles. The third kappa shape index (κ3) is 5.08. The standard InChI is InChI=1S/C19H29N3O5S/c1-26-17-6-3-15(11-18(17)27-2)13-21-19(23)20-12-14-7-9-22(10-8-14)28(24,25)16-4-5-16/h3,6,11,14,16H,4-5,7-10,12-13H2,1-2H3,(H2,20,21,23). The molecule has 28 heavy (non-hydrogen) atoms. The maximum atomic E-state index is 12.3. The molecule has 1 heterocycles. The molecule has 9 heteroatoms. The number of urea groups is 1. The van der Waals surface area contributed by atoms with Crippen molar-refractivity contribution in [3.05, 3.63) is 23.8 Å². The molecule has 3 rings (SSSR count). The van der Waals surface area contributed by atoms with Crippen LogP contribution in [0.15, 0.2) is 18.2 Å². The third-order valence-corrected chi connectivity index (χ3v) is 7.73. The van der Waals surface area contributed by atoms with Gasteiger partial charge in [0.15, 0.2) is 11.5 Å². The van der Waals surface area contributed by atoms with E-state index in [-0.39, 0.29) is 11.3 Å². The molecule has 0 aromatic heterocycles. The van der Waals surface area contributed by atoms with Gasteiger partial charge in [-0.25, -0.2) is 17.5 Å². The molecule has 1 aliphatic carbocycles. The van der Waals surface area contributed by atoms with Gasteiger partial charge in [0, 0.05) is 26.2 Å². The second-order valence-corrected chi connectivity index (χ2v) is 9.55. The van der Waals surface area contributed by atoms with Crippen LogP contribution in [0.2, 0.25) is 0 Å². The topological polar surface area (TPSA) is 97.0 Å². The highest BCUT2D eigenvalue weighted by Crippen LogP contribution is 2.33. The quantitative estimate of drug-likeness (QED) is 0.679. The normalized spacial score (nSPS) is 18.5. The molecule has 1 saturated carbocycles. The van der Waals surface area contributed by atoms with Crippen LogP contribution in [0, 0.1) is 5.92 Å². The monoisotopic (exact) mass is 411 g/mol. The van der Waals surface area contributed by atoms with Crippen molar-refractivity contribution in [2.24, 2.45) is 5.92 Å². The summed E-state index contributed by atoms with van der Waals surface area (Å²) < 4.78 is 36.6. The van der Waals surface area contributed by atoms with Crippen LogP contribution in [0.4, 0.5) is 4.79 Å². The zero-order valence-corrected chi connectivity index (χ0v) is 17.3. The van der Waals surface area contributed by atoms with E-state index < -0.39 is 10.0 Å². The van der Waals surface area contributed by atoms with Gasteiger partial charge in [-0.2, -0.15) is 0 Å². The predicted molar refractivity (Wildman–Crippen MR) is 106 cm³/mol. The highest BCUT2D eigenvalue weighted by Gasteiger charge is 2.41. The van der Waals surface area contributed by atoms with Crippen molar-refractivity contribution in [1.29, 1.82) is 0 Å². The first-order valence-electron chi connectivity index (χ1n) is 9.65. The molecule has 2 fully saturated rings. The highest BCUT2D eigenvalue weighted by atomic mass is 32.2. The Labute approximate surface area is 166 Å². The molecule has 0 unspecified atom stereocenters. The molecular formula is C19H29N3O5S. The van der Waals surface area contributed by atoms with E-state index in [1.54, 1.807) is 24.6 Å². The van der Waals surface area contributed by atoms with E-state index in [4.69, 9.17) is 9.47 Å². The fraction of sp³-hybridized carbons (Fsp3) is 0.632. The van der Waals surface area contributed by atoms with Crippen LogP contribution >= 0.6 is 0 Å². The number of amides is 2. The Balaban J connectivity index is 1.38. The molecule has 8 nitrogen and oxygen atoms in total. The summed E-state index contributed by atoms with van der Waals surface area (Å²) in [5.74, 6) is 1.57. The van der Waals surface area contributed by atoms with Crippen LogP contribution < -0.4 is 20.1 Å². The Bertz CT molecular complexity index is 787. The first-order chi connectivity index (χ1) is 13.4. The number of nitrogens with zero attached hydrogens (tertiary/aromatic N) is 1. The largest absolute Gasteiger partial charge is 0.493 e. The lowest BCUT2D eigenvalue weighted by atomic mass is 9.98. The molecule has 0 atom stereocenters. The van der Waals surface area contributed by atoms with Crippen molar-refractivity contribution in [2.75, 3.05) is 33.9 Å². The van der Waals surface area contributed by atoms with Crippen LogP contribution in [-0.2, 0) is 16.6 Å². The van der Waals surface area contributed by atoms with Gasteiger partial charge in [0.25, 0.3) is 0 Å². The summed E-state index contributed by atoms with van der Waals surface area (Å²) in [6.07, 6.45) is 3.15. The van der Waals surface area contributed by atoms with Crippen LogP contribution in [0.25, 0.3) is 0 Å². The molecular weight excluding hydrogens is 382 g/mol. The molecule has 0 spiro atoms. The number of nitrogens with one attached hydrogen (secondary N) is 2. The average Bonchev–Trinajstić information content (AvgIpc) is 3.56. The van der Waals surface area contributed by atoms with E-state index in [0.717, 1.165) is 31.2 Å². The summed E-state index contributed by atoms with van der Waals surface area (Å²) >= 11 is 0. The van der Waals surface area contributed by atoms with Crippen molar-refractivity contribution >= 4 is 16.1 Å². The molecule has 2 N–H and O–H groups in total. The lowest BCUT2D eigenvalue weighted by Gasteiger charge is -2.31. The van der Waals surface area contributed by atoms with E-state index in [9.17, 15) is 13.2 Å². The summed E-state index contributed by atoms with van der Waals surface area (Å²) in [6, 6.07) is 5.27. The molecule has 2 aliphatic rings. The van der Waals surface area contributed by atoms with E-state index in [1.165, 1.54) is 0 Å². The van der Waals surface area contributed by atoms with Gasteiger partial charge in [0.1, 0.15) is 0 Å². The Morgan fingerprint density at radius 2 is 1.75 bits per heavy atom. The fourth-order valence-electron chi connectivity index (χ4n) is 3.42. The number of hydrogen-bond acceptors (Lipinski definition) is 5. The van der Waals surface area contributed by atoms with Gasteiger partial charge < -0.3 is 20.1 Å². The van der Waals surface area contributed by atoms with E-state index in [2.05, 4.69) is 10.6 Å². The van der Waals surface area contributed by atoms with Crippen LogP contribution in [0.1, 0.15) is 31.2 Å². The second kappa shape index (κ2) is 9.00. The number of ether oxygens (including phenoxy) is 2. The summed E-state index contributed by atoms with van der Waals surface area (Å²) in [6.45, 7) is 2.04. The first kappa shape index (κ1) is 20.7. The third-order valence-electron chi connectivity index (χ3n) is 5.33. The van der Waals surface area contributed by atoms with Gasteiger partial charge >= 0.3 is 6.03 Å². The number of carbonyl (C=O) groups excluding carboxylic acids is 1. The number of methoxy groups -OCH3 is 2. The molecule has 1 saturated heterocycles. The van der Waals surface area contributed by atoms with Gasteiger partial charge in [0.2, 0.25) is 10.0 Å². The maximum Gasteiger partial charge on any atom is 0.315 e. The summed E-state index contributed by atoms with van der Waals surface area (Å²) in [7, 11) is 0.0716. The second-order valence-electron chi connectivity index (χ2n) is 7.34. The SMILES string of the molecule is COc1ccc(CNC(=O)NCC2CCN(S(=O)(=O)C3CC3)CC2)cc1OC. The summed E-state index contributed by atoms with van der Waals surface area (Å²) in [4.78, 5) is 12.1. The van der Waals surface area contributed by atoms with E-state index >= 15 is 0 Å². The summed E-state index contributed by atoms with van der Waals surface area (Å²) in [5, 5.41) is 5.57. The zero-order chi connectivity index (χ0) is 20.1. The first-order valence-corrected chi connectivity index (χ1v) is 11.2. The number of benzene rings is 1. The Morgan fingerprint density at radius 1 is 1.07 bits per heavy atom. The summed E-state index contributed by atoms with van der Waals surface area (Å²) in [5.41, 5.74) is 0.909. The Kier molecular flexibility index (Phi) is 6.66. The smallest absolute Gasteiger partial charge is 0.315 e. The van der Waals surface area contributed by atoms with Crippen molar-refractivity contribution in [3.8, 4) is 11.5 Å².